The predicted octanol–water partition coefficient (Wildman–Crippen LogP) is 0.514. The molecule has 0 aromatic heterocycles. The van der Waals surface area contributed by atoms with Crippen LogP contribution in [0.15, 0.2) is 12.1 Å². The fourth-order valence-electron chi connectivity index (χ4n) is 1.77. The largest absolute Gasteiger partial charge is 0.493 e. The van der Waals surface area contributed by atoms with Gasteiger partial charge in [-0.15, -0.1) is 0 Å². The van der Waals surface area contributed by atoms with Crippen LogP contribution in [-0.4, -0.2) is 33.3 Å². The van der Waals surface area contributed by atoms with Gasteiger partial charge in [-0.05, 0) is 30.2 Å². The second-order valence-corrected chi connectivity index (χ2v) is 4.15. The highest BCUT2D eigenvalue weighted by atomic mass is 16.5. The Hall–Kier alpha value is -1.79. The molecule has 1 aromatic rings. The Morgan fingerprint density at radius 2 is 1.84 bits per heavy atom. The van der Waals surface area contributed by atoms with E-state index in [4.69, 9.17) is 25.7 Å². The summed E-state index contributed by atoms with van der Waals surface area (Å²) in [5.74, 6) is 0.735. The van der Waals surface area contributed by atoms with Crippen LogP contribution in [0.3, 0.4) is 0 Å². The molecule has 1 amide bonds. The smallest absolute Gasteiger partial charge is 0.243 e. The second kappa shape index (κ2) is 6.96. The maximum atomic E-state index is 10.6. The van der Waals surface area contributed by atoms with Gasteiger partial charge < -0.3 is 25.7 Å². The third-order valence-corrected chi connectivity index (χ3v) is 2.71. The maximum absolute atomic E-state index is 10.6. The van der Waals surface area contributed by atoms with Gasteiger partial charge in [0.2, 0.25) is 5.91 Å². The lowest BCUT2D eigenvalue weighted by molar-refractivity contribution is -0.122. The fraction of sp³-hybridized carbons (Fsp3) is 0.462. The first-order chi connectivity index (χ1) is 8.99. The molecule has 1 unspecified atom stereocenters. The lowest BCUT2D eigenvalue weighted by Gasteiger charge is -2.17. The minimum atomic E-state index is -0.517. The number of methoxy groups -OCH3 is 2. The Kier molecular flexibility index (Phi) is 5.59. The SMILES string of the molecule is COc1cc(C)c(C(N)COCC(N)=O)cc1OC. The highest BCUT2D eigenvalue weighted by Crippen LogP contribution is 2.32. The highest BCUT2D eigenvalue weighted by molar-refractivity contribution is 5.74. The zero-order valence-electron chi connectivity index (χ0n) is 11.4. The molecule has 106 valence electrons. The van der Waals surface area contributed by atoms with Crippen LogP contribution in [0.2, 0.25) is 0 Å². The van der Waals surface area contributed by atoms with E-state index in [1.165, 1.54) is 0 Å². The summed E-state index contributed by atoms with van der Waals surface area (Å²) in [7, 11) is 3.14. The van der Waals surface area contributed by atoms with Crippen LogP contribution in [0.5, 0.6) is 11.5 Å². The van der Waals surface area contributed by atoms with Gasteiger partial charge in [-0.3, -0.25) is 4.79 Å². The Labute approximate surface area is 112 Å². The second-order valence-electron chi connectivity index (χ2n) is 4.15. The third-order valence-electron chi connectivity index (χ3n) is 2.71. The number of nitrogens with two attached hydrogens (primary N) is 2. The summed E-state index contributed by atoms with van der Waals surface area (Å²) in [5.41, 5.74) is 12.9. The molecule has 0 radical (unpaired) electrons. The first-order valence-corrected chi connectivity index (χ1v) is 5.83. The van der Waals surface area contributed by atoms with Crippen molar-refractivity contribution in [2.45, 2.75) is 13.0 Å². The van der Waals surface area contributed by atoms with E-state index in [0.29, 0.717) is 11.5 Å². The molecule has 1 aromatic carbocycles. The molecule has 0 aliphatic rings. The number of primary amides is 1. The minimum Gasteiger partial charge on any atom is -0.493 e. The van der Waals surface area contributed by atoms with Crippen molar-refractivity contribution in [3.63, 3.8) is 0 Å². The van der Waals surface area contributed by atoms with E-state index in [1.807, 2.05) is 19.1 Å². The highest BCUT2D eigenvalue weighted by Gasteiger charge is 2.14. The van der Waals surface area contributed by atoms with E-state index >= 15 is 0 Å². The van der Waals surface area contributed by atoms with Crippen molar-refractivity contribution in [1.29, 1.82) is 0 Å². The van der Waals surface area contributed by atoms with Gasteiger partial charge in [0.15, 0.2) is 11.5 Å². The van der Waals surface area contributed by atoms with Gasteiger partial charge in [0, 0.05) is 0 Å². The van der Waals surface area contributed by atoms with Crippen molar-refractivity contribution in [3.8, 4) is 11.5 Å². The number of ether oxygens (including phenoxy) is 3. The maximum Gasteiger partial charge on any atom is 0.243 e. The Balaban J connectivity index is 2.84. The molecular weight excluding hydrogens is 248 g/mol. The number of carbonyl (C=O) groups is 1. The number of benzene rings is 1. The summed E-state index contributed by atoms with van der Waals surface area (Å²) >= 11 is 0. The molecule has 0 heterocycles. The average Bonchev–Trinajstić information content (AvgIpc) is 2.37. The van der Waals surface area contributed by atoms with E-state index in [1.54, 1.807) is 14.2 Å². The van der Waals surface area contributed by atoms with Crippen LogP contribution in [-0.2, 0) is 9.53 Å². The summed E-state index contributed by atoms with van der Waals surface area (Å²) in [6, 6.07) is 3.30. The summed E-state index contributed by atoms with van der Waals surface area (Å²) < 4.78 is 15.6. The van der Waals surface area contributed by atoms with E-state index in [2.05, 4.69) is 0 Å². The van der Waals surface area contributed by atoms with Gasteiger partial charge in [0.25, 0.3) is 0 Å². The lowest BCUT2D eigenvalue weighted by atomic mass is 10.0. The summed E-state index contributed by atoms with van der Waals surface area (Å²) in [4.78, 5) is 10.6. The zero-order valence-corrected chi connectivity index (χ0v) is 11.4. The molecule has 6 heteroatoms. The molecule has 0 spiro atoms. The first-order valence-electron chi connectivity index (χ1n) is 5.83. The molecule has 6 nitrogen and oxygen atoms in total. The van der Waals surface area contributed by atoms with Crippen molar-refractivity contribution >= 4 is 5.91 Å². The molecule has 0 aliphatic heterocycles. The number of hydrogen-bond acceptors (Lipinski definition) is 5. The number of amides is 1. The lowest BCUT2D eigenvalue weighted by Crippen LogP contribution is -2.23. The Morgan fingerprint density at radius 1 is 1.26 bits per heavy atom. The standard InChI is InChI=1S/C13H20N2O4/c1-8-4-11(17-2)12(18-3)5-9(8)10(14)6-19-7-13(15)16/h4-5,10H,6-7,14H2,1-3H3,(H2,15,16). The van der Waals surface area contributed by atoms with Gasteiger partial charge >= 0.3 is 0 Å². The molecule has 4 N–H and O–H groups in total. The third kappa shape index (κ3) is 4.11. The van der Waals surface area contributed by atoms with Gasteiger partial charge in [0.1, 0.15) is 6.61 Å². The number of aryl methyl sites for hydroxylation is 1. The van der Waals surface area contributed by atoms with Crippen molar-refractivity contribution in [3.05, 3.63) is 23.3 Å². The van der Waals surface area contributed by atoms with Crippen LogP contribution in [0.25, 0.3) is 0 Å². The van der Waals surface area contributed by atoms with Crippen LogP contribution in [0, 0.1) is 6.92 Å². The number of hydrogen-bond donors (Lipinski definition) is 2. The van der Waals surface area contributed by atoms with Crippen LogP contribution >= 0.6 is 0 Å². The summed E-state index contributed by atoms with van der Waals surface area (Å²) in [5, 5.41) is 0. The molecule has 0 saturated carbocycles. The quantitative estimate of drug-likeness (QED) is 0.751. The van der Waals surface area contributed by atoms with Gasteiger partial charge in [0.05, 0.1) is 26.9 Å². The fourth-order valence-corrected chi connectivity index (χ4v) is 1.77. The molecule has 1 atom stereocenters. The van der Waals surface area contributed by atoms with Crippen LogP contribution in [0.4, 0.5) is 0 Å². The van der Waals surface area contributed by atoms with Crippen LogP contribution in [0.1, 0.15) is 17.2 Å². The van der Waals surface area contributed by atoms with Gasteiger partial charge in [-0.2, -0.15) is 0 Å². The Bertz CT molecular complexity index is 449. The molecule has 19 heavy (non-hydrogen) atoms. The number of carbonyl (C=O) groups excluding carboxylic acids is 1. The average molecular weight is 268 g/mol. The monoisotopic (exact) mass is 268 g/mol. The molecule has 0 aliphatic carbocycles. The predicted molar refractivity (Wildman–Crippen MR) is 71.2 cm³/mol. The summed E-state index contributed by atoms with van der Waals surface area (Å²) in [6.45, 7) is 1.99. The van der Waals surface area contributed by atoms with E-state index in [-0.39, 0.29) is 19.3 Å². The zero-order chi connectivity index (χ0) is 14.4. The molecule has 0 bridgehead atoms. The minimum absolute atomic E-state index is 0.139. The molecule has 1 rings (SSSR count). The van der Waals surface area contributed by atoms with Crippen molar-refractivity contribution in [2.75, 3.05) is 27.4 Å². The molecule has 0 saturated heterocycles. The van der Waals surface area contributed by atoms with Gasteiger partial charge in [-0.25, -0.2) is 0 Å². The van der Waals surface area contributed by atoms with E-state index < -0.39 is 5.91 Å². The Morgan fingerprint density at radius 3 is 2.37 bits per heavy atom. The topological polar surface area (TPSA) is 96.8 Å². The molecule has 0 fully saturated rings. The van der Waals surface area contributed by atoms with Gasteiger partial charge in [-0.1, -0.05) is 0 Å². The number of rotatable bonds is 7. The van der Waals surface area contributed by atoms with E-state index in [9.17, 15) is 4.79 Å². The normalized spacial score (nSPS) is 12.0. The first kappa shape index (κ1) is 15.3. The van der Waals surface area contributed by atoms with Crippen molar-refractivity contribution in [2.24, 2.45) is 11.5 Å². The van der Waals surface area contributed by atoms with Crippen LogP contribution < -0.4 is 20.9 Å². The molecular formula is C13H20N2O4. The summed E-state index contributed by atoms with van der Waals surface area (Å²) in [6.07, 6.45) is 0. The van der Waals surface area contributed by atoms with Crippen molar-refractivity contribution in [1.82, 2.24) is 0 Å². The van der Waals surface area contributed by atoms with E-state index in [0.717, 1.165) is 11.1 Å². The van der Waals surface area contributed by atoms with Crippen molar-refractivity contribution < 1.29 is 19.0 Å².